The zero-order valence-electron chi connectivity index (χ0n) is 18.6. The van der Waals surface area contributed by atoms with Gasteiger partial charge in [0.25, 0.3) is 0 Å². The lowest BCUT2D eigenvalue weighted by Gasteiger charge is -2.34. The molecule has 6 nitrogen and oxygen atoms in total. The Morgan fingerprint density at radius 2 is 1.90 bits per heavy atom. The second-order valence-electron chi connectivity index (χ2n) is 9.23. The average molecular weight is 408 g/mol. The second kappa shape index (κ2) is 8.25. The quantitative estimate of drug-likeness (QED) is 0.772. The number of carbonyl (C=O) groups is 1. The number of amides is 1. The molecule has 30 heavy (non-hydrogen) atoms. The van der Waals surface area contributed by atoms with Crippen LogP contribution >= 0.6 is 0 Å². The molecular formula is C24H33N5O. The minimum Gasteiger partial charge on any atom is -0.351 e. The number of carbonyl (C=O) groups excluding carboxylic acids is 1. The predicted molar refractivity (Wildman–Crippen MR) is 122 cm³/mol. The second-order valence-corrected chi connectivity index (χ2v) is 9.23. The van der Waals surface area contributed by atoms with Crippen molar-refractivity contribution in [2.45, 2.75) is 65.0 Å². The zero-order chi connectivity index (χ0) is 21.3. The van der Waals surface area contributed by atoms with Crippen molar-refractivity contribution in [3.05, 3.63) is 42.1 Å². The van der Waals surface area contributed by atoms with Crippen LogP contribution < -0.4 is 15.1 Å². The molecule has 1 fully saturated rings. The summed E-state index contributed by atoms with van der Waals surface area (Å²) in [7, 11) is 1.84. The van der Waals surface area contributed by atoms with E-state index in [4.69, 9.17) is 4.98 Å². The van der Waals surface area contributed by atoms with Gasteiger partial charge < -0.3 is 15.1 Å². The third kappa shape index (κ3) is 3.87. The summed E-state index contributed by atoms with van der Waals surface area (Å²) in [6.07, 6.45) is 7.53. The predicted octanol–water partition coefficient (Wildman–Crippen LogP) is 4.79. The fraction of sp³-hybridized carbons (Fsp3) is 0.542. The maximum atomic E-state index is 13.1. The van der Waals surface area contributed by atoms with Gasteiger partial charge in [-0.25, -0.2) is 4.98 Å². The normalized spacial score (nSPS) is 20.1. The van der Waals surface area contributed by atoms with Crippen molar-refractivity contribution < 1.29 is 4.79 Å². The Balaban J connectivity index is 1.71. The fourth-order valence-electron chi connectivity index (χ4n) is 4.80. The highest BCUT2D eigenvalue weighted by Gasteiger charge is 2.41. The van der Waals surface area contributed by atoms with Gasteiger partial charge in [0.1, 0.15) is 5.69 Å². The van der Waals surface area contributed by atoms with Crippen molar-refractivity contribution in [1.29, 1.82) is 0 Å². The SMILES string of the molecule is CC[C@H](Nc1ncc2c(n1)N(C1CCCC1)CC(C)(C)C(=O)N2C)c1ccccc1. The molecule has 1 amide bonds. The molecule has 0 saturated heterocycles. The smallest absolute Gasteiger partial charge is 0.234 e. The van der Waals surface area contributed by atoms with E-state index in [2.05, 4.69) is 46.4 Å². The van der Waals surface area contributed by atoms with Crippen LogP contribution in [-0.4, -0.2) is 35.5 Å². The van der Waals surface area contributed by atoms with Crippen molar-refractivity contribution in [2.75, 3.05) is 28.7 Å². The molecule has 4 rings (SSSR count). The molecule has 0 unspecified atom stereocenters. The van der Waals surface area contributed by atoms with Crippen LogP contribution in [0.3, 0.4) is 0 Å². The Hall–Kier alpha value is -2.63. The third-order valence-corrected chi connectivity index (χ3v) is 6.51. The van der Waals surface area contributed by atoms with Crippen molar-refractivity contribution >= 4 is 23.4 Å². The van der Waals surface area contributed by atoms with Gasteiger partial charge in [0.05, 0.1) is 17.7 Å². The highest BCUT2D eigenvalue weighted by atomic mass is 16.2. The summed E-state index contributed by atoms with van der Waals surface area (Å²) in [5.74, 6) is 1.61. The molecule has 1 N–H and O–H groups in total. The standard InChI is InChI=1S/C24H33N5O/c1-5-19(17-11-7-6-8-12-17)26-23-25-15-20-21(27-23)29(18-13-9-10-14-18)16-24(2,3)22(30)28(20)4/h6-8,11-12,15,18-19H,5,9-10,13-14,16H2,1-4H3,(H,25,26,27)/t19-/m0/s1. The van der Waals surface area contributed by atoms with Gasteiger partial charge in [-0.15, -0.1) is 0 Å². The topological polar surface area (TPSA) is 61.4 Å². The number of anilines is 3. The lowest BCUT2D eigenvalue weighted by atomic mass is 9.91. The first-order chi connectivity index (χ1) is 14.4. The van der Waals surface area contributed by atoms with Crippen molar-refractivity contribution in [2.24, 2.45) is 5.41 Å². The van der Waals surface area contributed by atoms with Crippen LogP contribution in [0.4, 0.5) is 17.5 Å². The van der Waals surface area contributed by atoms with E-state index in [1.807, 2.05) is 33.2 Å². The number of aromatic nitrogens is 2. The Kier molecular flexibility index (Phi) is 5.67. The number of nitrogens with zero attached hydrogens (tertiary/aromatic N) is 4. The molecule has 1 aliphatic heterocycles. The molecule has 160 valence electrons. The fourth-order valence-corrected chi connectivity index (χ4v) is 4.80. The Morgan fingerprint density at radius 1 is 1.20 bits per heavy atom. The van der Waals surface area contributed by atoms with E-state index in [1.54, 1.807) is 4.90 Å². The molecular weight excluding hydrogens is 374 g/mol. The number of fused-ring (bicyclic) bond motifs is 1. The molecule has 0 bridgehead atoms. The third-order valence-electron chi connectivity index (χ3n) is 6.51. The van der Waals surface area contributed by atoms with E-state index < -0.39 is 5.41 Å². The van der Waals surface area contributed by atoms with E-state index in [0.29, 0.717) is 18.5 Å². The Labute approximate surface area is 179 Å². The zero-order valence-corrected chi connectivity index (χ0v) is 18.6. The summed E-state index contributed by atoms with van der Waals surface area (Å²) in [4.78, 5) is 26.8. The van der Waals surface area contributed by atoms with Gasteiger partial charge in [0.15, 0.2) is 5.82 Å². The van der Waals surface area contributed by atoms with E-state index in [9.17, 15) is 4.79 Å². The molecule has 2 aromatic rings. The monoisotopic (exact) mass is 407 g/mol. The van der Waals surface area contributed by atoms with E-state index in [1.165, 1.54) is 18.4 Å². The molecule has 1 aromatic heterocycles. The first-order valence-corrected chi connectivity index (χ1v) is 11.1. The maximum Gasteiger partial charge on any atom is 0.234 e. The lowest BCUT2D eigenvalue weighted by molar-refractivity contribution is -0.125. The van der Waals surface area contributed by atoms with Crippen molar-refractivity contribution in [3.8, 4) is 0 Å². The van der Waals surface area contributed by atoms with Crippen molar-refractivity contribution in [3.63, 3.8) is 0 Å². The van der Waals surface area contributed by atoms with Crippen LogP contribution in [0.15, 0.2) is 36.5 Å². The highest BCUT2D eigenvalue weighted by Crippen LogP contribution is 2.40. The minimum atomic E-state index is -0.471. The molecule has 1 aromatic carbocycles. The van der Waals surface area contributed by atoms with E-state index in [0.717, 1.165) is 30.8 Å². The Bertz CT molecular complexity index is 892. The minimum absolute atomic E-state index is 0.115. The summed E-state index contributed by atoms with van der Waals surface area (Å²) in [6, 6.07) is 11.0. The number of hydrogen-bond acceptors (Lipinski definition) is 5. The molecule has 0 spiro atoms. The average Bonchev–Trinajstić information content (AvgIpc) is 3.28. The lowest BCUT2D eigenvalue weighted by Crippen LogP contribution is -2.45. The van der Waals surface area contributed by atoms with Gasteiger partial charge in [-0.05, 0) is 38.7 Å². The summed E-state index contributed by atoms with van der Waals surface area (Å²) < 4.78 is 0. The number of rotatable bonds is 5. The molecule has 1 saturated carbocycles. The summed E-state index contributed by atoms with van der Waals surface area (Å²) in [5.41, 5.74) is 1.55. The molecule has 2 aliphatic rings. The van der Waals surface area contributed by atoms with Crippen LogP contribution in [0.25, 0.3) is 0 Å². The van der Waals surface area contributed by atoms with Crippen molar-refractivity contribution in [1.82, 2.24) is 9.97 Å². The summed E-state index contributed by atoms with van der Waals surface area (Å²) in [5, 5.41) is 3.52. The van der Waals surface area contributed by atoms with Crippen LogP contribution in [0.5, 0.6) is 0 Å². The van der Waals surface area contributed by atoms with E-state index >= 15 is 0 Å². The summed E-state index contributed by atoms with van der Waals surface area (Å²) >= 11 is 0. The first-order valence-electron chi connectivity index (χ1n) is 11.1. The molecule has 1 atom stereocenters. The van der Waals surface area contributed by atoms with Crippen LogP contribution in [0.1, 0.15) is 64.5 Å². The number of hydrogen-bond donors (Lipinski definition) is 1. The van der Waals surface area contributed by atoms with Gasteiger partial charge in [-0.1, -0.05) is 50.1 Å². The van der Waals surface area contributed by atoms with Gasteiger partial charge >= 0.3 is 0 Å². The highest BCUT2D eigenvalue weighted by molar-refractivity contribution is 6.00. The van der Waals surface area contributed by atoms with Gasteiger partial charge in [0, 0.05) is 19.6 Å². The number of benzene rings is 1. The van der Waals surface area contributed by atoms with Crippen LogP contribution in [-0.2, 0) is 4.79 Å². The van der Waals surface area contributed by atoms with E-state index in [-0.39, 0.29) is 11.9 Å². The van der Waals surface area contributed by atoms with Gasteiger partial charge in [0.2, 0.25) is 11.9 Å². The van der Waals surface area contributed by atoms with Gasteiger partial charge in [-0.2, -0.15) is 4.98 Å². The van der Waals surface area contributed by atoms with Crippen LogP contribution in [0, 0.1) is 5.41 Å². The largest absolute Gasteiger partial charge is 0.351 e. The van der Waals surface area contributed by atoms with Gasteiger partial charge in [-0.3, -0.25) is 4.79 Å². The first kappa shape index (κ1) is 20.6. The number of nitrogens with one attached hydrogen (secondary N) is 1. The summed E-state index contributed by atoms with van der Waals surface area (Å²) in [6.45, 7) is 6.91. The van der Waals surface area contributed by atoms with Crippen LogP contribution in [0.2, 0.25) is 0 Å². The Morgan fingerprint density at radius 3 is 2.57 bits per heavy atom. The molecule has 0 radical (unpaired) electrons. The molecule has 2 heterocycles. The molecule has 6 heteroatoms. The maximum absolute atomic E-state index is 13.1. The molecule has 1 aliphatic carbocycles.